The molecule has 1 aliphatic heterocycles. The summed E-state index contributed by atoms with van der Waals surface area (Å²) in [5.74, 6) is -0.459. The highest BCUT2D eigenvalue weighted by molar-refractivity contribution is 7.45. The van der Waals surface area contributed by atoms with Crippen LogP contribution in [0.4, 0.5) is 4.79 Å². The van der Waals surface area contributed by atoms with Crippen molar-refractivity contribution >= 4 is 26.4 Å². The monoisotopic (exact) mass is 569 g/mol. The average molecular weight is 570 g/mol. The number of benzene rings is 1. The molecule has 1 saturated heterocycles. The number of carbonyl (C=O) groups excluding carboxylic acids is 3. The van der Waals surface area contributed by atoms with E-state index in [4.69, 9.17) is 18.5 Å². The van der Waals surface area contributed by atoms with E-state index in [2.05, 4.69) is 11.7 Å². The van der Waals surface area contributed by atoms with Crippen molar-refractivity contribution in [3.05, 3.63) is 43.0 Å². The largest absolute Gasteiger partial charge is 0.461 e. The lowest BCUT2D eigenvalue weighted by Crippen LogP contribution is -2.50. The highest BCUT2D eigenvalue weighted by Gasteiger charge is 2.46. The van der Waals surface area contributed by atoms with Gasteiger partial charge in [0.1, 0.15) is 36.2 Å². The zero-order chi connectivity index (χ0) is 29.1. The third kappa shape index (κ3) is 9.52. The molecular formula is C26H40N3O9P. The number of amides is 3. The minimum atomic E-state index is -1.93. The molecule has 1 heterocycles. The first kappa shape index (κ1) is 32.6. The van der Waals surface area contributed by atoms with Crippen LogP contribution in [0.2, 0.25) is 0 Å². The summed E-state index contributed by atoms with van der Waals surface area (Å²) in [5.41, 5.74) is 0. The molecule has 4 N–H and O–H groups in total. The van der Waals surface area contributed by atoms with Gasteiger partial charge in [0.25, 0.3) is 5.91 Å². The standard InChI is InChI=1S/C26H40N3O9P/c1-7-18(8-2)17(5)36-25(33)16(4)28-39(38-19-13-11-10-12-14-19)35-15-20-22(31)23(32)24(37-20)29(6)26(34)27-21(30)9-3/h9-14,16-18,20,22-24,28,31-32H,3,7-8,15H2,1-2,4-6H3,(H,27,30,34)/t16-,17?,20+,22+,23+,24+,39?/m0/s1. The second-order valence-corrected chi connectivity index (χ2v) is 10.4. The highest BCUT2D eigenvalue weighted by Crippen LogP contribution is 2.37. The molecule has 12 nitrogen and oxygen atoms in total. The number of carbonyl (C=O) groups is 3. The van der Waals surface area contributed by atoms with E-state index in [0.717, 1.165) is 23.8 Å². The third-order valence-electron chi connectivity index (χ3n) is 6.41. The number of para-hydroxylation sites is 1. The SMILES string of the molecule is C=CC(=O)NC(=O)N(C)[C@@H]1O[C@H](COP(N[C@@H](C)C(=O)OC(C)C(CC)CC)Oc2ccccc2)[C@@H](O)[C@H]1O. The normalized spacial score (nSPS) is 23.0. The third-order valence-corrected chi connectivity index (χ3v) is 7.77. The molecule has 0 saturated carbocycles. The molecule has 2 unspecified atom stereocenters. The van der Waals surface area contributed by atoms with Crippen LogP contribution in [0.3, 0.4) is 0 Å². The lowest BCUT2D eigenvalue weighted by atomic mass is 9.98. The Hall–Kier alpha value is -2.60. The van der Waals surface area contributed by atoms with Crippen LogP contribution >= 0.6 is 8.53 Å². The lowest BCUT2D eigenvalue weighted by Gasteiger charge is -2.27. The van der Waals surface area contributed by atoms with Gasteiger partial charge in [-0.05, 0) is 50.8 Å². The van der Waals surface area contributed by atoms with E-state index in [-0.39, 0.29) is 18.6 Å². The molecule has 3 amide bonds. The van der Waals surface area contributed by atoms with E-state index in [1.807, 2.05) is 32.2 Å². The van der Waals surface area contributed by atoms with Crippen molar-refractivity contribution in [2.45, 2.75) is 77.2 Å². The minimum Gasteiger partial charge on any atom is -0.461 e. The Morgan fingerprint density at radius 3 is 2.38 bits per heavy atom. The van der Waals surface area contributed by atoms with Crippen molar-refractivity contribution in [1.29, 1.82) is 0 Å². The highest BCUT2D eigenvalue weighted by atomic mass is 31.2. The number of esters is 1. The zero-order valence-corrected chi connectivity index (χ0v) is 23.9. The Morgan fingerprint density at radius 2 is 1.79 bits per heavy atom. The van der Waals surface area contributed by atoms with Gasteiger partial charge in [0.15, 0.2) is 6.23 Å². The van der Waals surface area contributed by atoms with Gasteiger partial charge < -0.3 is 28.7 Å². The van der Waals surface area contributed by atoms with Gasteiger partial charge in [-0.2, -0.15) is 0 Å². The lowest BCUT2D eigenvalue weighted by molar-refractivity contribution is -0.152. The van der Waals surface area contributed by atoms with Crippen LogP contribution in [-0.4, -0.2) is 83.4 Å². The number of rotatable bonds is 14. The molecule has 1 fully saturated rings. The van der Waals surface area contributed by atoms with E-state index < -0.39 is 57.0 Å². The van der Waals surface area contributed by atoms with Crippen molar-refractivity contribution < 1.29 is 43.1 Å². The topological polar surface area (TPSA) is 156 Å². The average Bonchev–Trinajstić information content (AvgIpc) is 3.20. The van der Waals surface area contributed by atoms with Crippen LogP contribution in [0.5, 0.6) is 5.75 Å². The predicted molar refractivity (Wildman–Crippen MR) is 144 cm³/mol. The molecule has 1 aromatic carbocycles. The molecule has 39 heavy (non-hydrogen) atoms. The van der Waals surface area contributed by atoms with Gasteiger partial charge in [0, 0.05) is 7.05 Å². The second kappa shape index (κ2) is 15.9. The molecule has 1 aromatic rings. The summed E-state index contributed by atoms with van der Waals surface area (Å²) >= 11 is 0. The van der Waals surface area contributed by atoms with Crippen LogP contribution in [0, 0.1) is 5.92 Å². The van der Waals surface area contributed by atoms with Crippen LogP contribution in [-0.2, 0) is 23.6 Å². The summed E-state index contributed by atoms with van der Waals surface area (Å²) in [6, 6.07) is 7.20. The number of aliphatic hydroxyl groups is 2. The molecule has 1 aliphatic rings. The molecule has 218 valence electrons. The summed E-state index contributed by atoms with van der Waals surface area (Å²) in [6.07, 6.45) is -2.72. The number of imide groups is 1. The van der Waals surface area contributed by atoms with E-state index in [9.17, 15) is 24.6 Å². The van der Waals surface area contributed by atoms with Gasteiger partial charge in [-0.3, -0.25) is 19.8 Å². The van der Waals surface area contributed by atoms with Gasteiger partial charge >= 0.3 is 20.5 Å². The van der Waals surface area contributed by atoms with Gasteiger partial charge in [-0.1, -0.05) is 38.6 Å². The maximum absolute atomic E-state index is 12.8. The maximum atomic E-state index is 12.8. The first-order valence-corrected chi connectivity index (χ1v) is 14.0. The molecule has 0 aromatic heterocycles. The zero-order valence-electron chi connectivity index (χ0n) is 23.0. The van der Waals surface area contributed by atoms with Crippen LogP contribution in [0.15, 0.2) is 43.0 Å². The Morgan fingerprint density at radius 1 is 1.15 bits per heavy atom. The number of nitrogens with one attached hydrogen (secondary N) is 2. The first-order chi connectivity index (χ1) is 18.5. The number of aliphatic hydroxyl groups excluding tert-OH is 2. The van der Waals surface area contributed by atoms with E-state index >= 15 is 0 Å². The fourth-order valence-electron chi connectivity index (χ4n) is 3.90. The second-order valence-electron chi connectivity index (χ2n) is 9.18. The molecule has 13 heteroatoms. The molecule has 2 rings (SSSR count). The van der Waals surface area contributed by atoms with E-state index in [1.165, 1.54) is 7.05 Å². The van der Waals surface area contributed by atoms with Crippen molar-refractivity contribution in [2.24, 2.45) is 5.92 Å². The Kier molecular flexibility index (Phi) is 13.3. The smallest absolute Gasteiger partial charge is 0.326 e. The summed E-state index contributed by atoms with van der Waals surface area (Å²) in [6.45, 7) is 10.6. The maximum Gasteiger partial charge on any atom is 0.326 e. The minimum absolute atomic E-state index is 0.243. The van der Waals surface area contributed by atoms with E-state index in [1.54, 1.807) is 31.2 Å². The Labute approximate surface area is 230 Å². The van der Waals surface area contributed by atoms with Crippen LogP contribution < -0.4 is 14.9 Å². The predicted octanol–water partition coefficient (Wildman–Crippen LogP) is 2.46. The quantitative estimate of drug-likeness (QED) is 0.149. The Bertz CT molecular complexity index is 950. The van der Waals surface area contributed by atoms with Crippen molar-refractivity contribution in [3.8, 4) is 5.75 Å². The molecule has 0 spiro atoms. The van der Waals surface area contributed by atoms with Crippen molar-refractivity contribution in [1.82, 2.24) is 15.3 Å². The first-order valence-electron chi connectivity index (χ1n) is 12.9. The molecular weight excluding hydrogens is 529 g/mol. The molecule has 0 aliphatic carbocycles. The number of nitrogens with zero attached hydrogens (tertiary/aromatic N) is 1. The van der Waals surface area contributed by atoms with Gasteiger partial charge in [-0.15, -0.1) is 0 Å². The van der Waals surface area contributed by atoms with Crippen LogP contribution in [0.25, 0.3) is 0 Å². The summed E-state index contributed by atoms with van der Waals surface area (Å²) < 4.78 is 23.1. The fourth-order valence-corrected chi connectivity index (χ4v) is 5.10. The van der Waals surface area contributed by atoms with Gasteiger partial charge in [0.2, 0.25) is 0 Å². The van der Waals surface area contributed by atoms with Gasteiger partial charge in [-0.25, -0.2) is 9.88 Å². The van der Waals surface area contributed by atoms with E-state index in [0.29, 0.717) is 5.75 Å². The molecule has 7 atom stereocenters. The summed E-state index contributed by atoms with van der Waals surface area (Å²) in [4.78, 5) is 37.4. The van der Waals surface area contributed by atoms with Crippen molar-refractivity contribution in [3.63, 3.8) is 0 Å². The Balaban J connectivity index is 2.05. The summed E-state index contributed by atoms with van der Waals surface area (Å²) in [7, 11) is -0.630. The fraction of sp³-hybridized carbons (Fsp3) is 0.577. The summed E-state index contributed by atoms with van der Waals surface area (Å²) in [5, 5.41) is 26.0. The van der Waals surface area contributed by atoms with Gasteiger partial charge in [0.05, 0.1) is 6.61 Å². The van der Waals surface area contributed by atoms with Crippen molar-refractivity contribution in [2.75, 3.05) is 13.7 Å². The number of ether oxygens (including phenoxy) is 2. The molecule has 0 radical (unpaired) electrons. The molecule has 0 bridgehead atoms. The van der Waals surface area contributed by atoms with Crippen LogP contribution in [0.1, 0.15) is 40.5 Å². The number of hydrogen-bond donors (Lipinski definition) is 4. The number of likely N-dealkylation sites (N-methyl/N-ethyl adjacent to an activating group) is 1. The number of urea groups is 1. The number of hydrogen-bond acceptors (Lipinski definition) is 10.